The number of benzene rings is 1. The van der Waals surface area contributed by atoms with Crippen LogP contribution in [-0.4, -0.2) is 64.7 Å². The predicted octanol–water partition coefficient (Wildman–Crippen LogP) is 3.69. The Bertz CT molecular complexity index is 924. The summed E-state index contributed by atoms with van der Waals surface area (Å²) in [5.41, 5.74) is 0.549. The van der Waals surface area contributed by atoms with Crippen molar-refractivity contribution in [3.63, 3.8) is 0 Å². The number of likely N-dealkylation sites (tertiary alicyclic amines) is 2. The summed E-state index contributed by atoms with van der Waals surface area (Å²) in [5, 5.41) is 10.5. The Morgan fingerprint density at radius 2 is 1.84 bits per heavy atom. The minimum absolute atomic E-state index is 0.116. The molecule has 3 amide bonds. The van der Waals surface area contributed by atoms with Crippen LogP contribution in [-0.2, 0) is 4.79 Å². The van der Waals surface area contributed by atoms with Crippen molar-refractivity contribution in [3.8, 4) is 0 Å². The standard InChI is InChI=1S/C22H29ClN6O2/c1-27-12-4-5-16(15-27)21(30)28-13-9-17(10-14-28)29-20(8-11-24-29)26-22(31)25-19-7-3-2-6-18(19)23/h2-3,6-8,11,16-17H,4-5,9-10,12-15H2,1H3,(H2,25,26,31)/t16-/m0/s1. The van der Waals surface area contributed by atoms with Crippen LogP contribution < -0.4 is 10.6 Å². The van der Waals surface area contributed by atoms with E-state index < -0.39 is 0 Å². The Kier molecular flexibility index (Phi) is 6.77. The van der Waals surface area contributed by atoms with Crippen LogP contribution in [0.4, 0.5) is 16.3 Å². The van der Waals surface area contributed by atoms with Crippen molar-refractivity contribution in [2.75, 3.05) is 43.9 Å². The third-order valence-electron chi connectivity index (χ3n) is 6.13. The molecule has 2 saturated heterocycles. The van der Waals surface area contributed by atoms with Gasteiger partial charge in [0.1, 0.15) is 5.82 Å². The fraction of sp³-hybridized carbons (Fsp3) is 0.500. The maximum atomic E-state index is 12.9. The van der Waals surface area contributed by atoms with E-state index in [0.29, 0.717) is 16.5 Å². The van der Waals surface area contributed by atoms with Crippen LogP contribution in [0.15, 0.2) is 36.5 Å². The molecule has 0 saturated carbocycles. The number of hydrogen-bond acceptors (Lipinski definition) is 4. The van der Waals surface area contributed by atoms with Gasteiger partial charge < -0.3 is 15.1 Å². The van der Waals surface area contributed by atoms with E-state index in [-0.39, 0.29) is 23.9 Å². The Labute approximate surface area is 187 Å². The molecule has 0 aliphatic carbocycles. The molecule has 3 heterocycles. The van der Waals surface area contributed by atoms with E-state index in [1.165, 1.54) is 0 Å². The van der Waals surface area contributed by atoms with Gasteiger partial charge in [0.15, 0.2) is 0 Å². The zero-order chi connectivity index (χ0) is 21.8. The van der Waals surface area contributed by atoms with E-state index in [9.17, 15) is 9.59 Å². The van der Waals surface area contributed by atoms with Crippen molar-refractivity contribution in [1.82, 2.24) is 19.6 Å². The molecule has 0 bridgehead atoms. The van der Waals surface area contributed by atoms with Gasteiger partial charge in [0.05, 0.1) is 28.9 Å². The molecule has 166 valence electrons. The van der Waals surface area contributed by atoms with Crippen LogP contribution in [0.2, 0.25) is 5.02 Å². The smallest absolute Gasteiger partial charge is 0.324 e. The number of urea groups is 1. The van der Waals surface area contributed by atoms with Gasteiger partial charge in [-0.15, -0.1) is 0 Å². The molecule has 8 nitrogen and oxygen atoms in total. The largest absolute Gasteiger partial charge is 0.342 e. The Morgan fingerprint density at radius 1 is 1.06 bits per heavy atom. The fourth-order valence-corrected chi connectivity index (χ4v) is 4.68. The van der Waals surface area contributed by atoms with Crippen LogP contribution in [0.25, 0.3) is 0 Å². The van der Waals surface area contributed by atoms with E-state index in [1.54, 1.807) is 24.4 Å². The number of halogens is 1. The number of anilines is 2. The fourth-order valence-electron chi connectivity index (χ4n) is 4.49. The van der Waals surface area contributed by atoms with Crippen LogP contribution in [0.5, 0.6) is 0 Å². The predicted molar refractivity (Wildman–Crippen MR) is 121 cm³/mol. The summed E-state index contributed by atoms with van der Waals surface area (Å²) >= 11 is 6.11. The van der Waals surface area contributed by atoms with Crippen molar-refractivity contribution in [2.45, 2.75) is 31.7 Å². The summed E-state index contributed by atoms with van der Waals surface area (Å²) in [6.07, 6.45) is 5.38. The lowest BCUT2D eigenvalue weighted by Gasteiger charge is -2.37. The van der Waals surface area contributed by atoms with E-state index in [0.717, 1.165) is 51.9 Å². The first kappa shape index (κ1) is 21.6. The number of carbonyl (C=O) groups excluding carboxylic acids is 2. The number of aromatic nitrogens is 2. The maximum absolute atomic E-state index is 12.9. The van der Waals surface area contributed by atoms with Crippen molar-refractivity contribution in [2.24, 2.45) is 5.92 Å². The minimum Gasteiger partial charge on any atom is -0.342 e. The molecular formula is C22H29ClN6O2. The van der Waals surface area contributed by atoms with Crippen LogP contribution in [0.3, 0.4) is 0 Å². The summed E-state index contributed by atoms with van der Waals surface area (Å²) in [7, 11) is 2.08. The molecule has 31 heavy (non-hydrogen) atoms. The molecule has 2 aliphatic rings. The molecule has 2 aliphatic heterocycles. The van der Waals surface area contributed by atoms with Crippen LogP contribution >= 0.6 is 11.6 Å². The SMILES string of the molecule is CN1CCC[C@H](C(=O)N2CCC(n3nccc3NC(=O)Nc3ccccc3Cl)CC2)C1. The van der Waals surface area contributed by atoms with E-state index in [2.05, 4.69) is 27.7 Å². The summed E-state index contributed by atoms with van der Waals surface area (Å²) in [6.45, 7) is 3.36. The van der Waals surface area contributed by atoms with Gasteiger partial charge in [-0.05, 0) is 51.4 Å². The van der Waals surface area contributed by atoms with Gasteiger partial charge in [-0.25, -0.2) is 9.48 Å². The molecule has 2 N–H and O–H groups in total. The Hall–Kier alpha value is -2.58. The monoisotopic (exact) mass is 444 g/mol. The Balaban J connectivity index is 1.33. The molecule has 4 rings (SSSR count). The van der Waals surface area contributed by atoms with Crippen LogP contribution in [0, 0.1) is 5.92 Å². The van der Waals surface area contributed by atoms with E-state index in [1.807, 2.05) is 21.7 Å². The molecule has 9 heteroatoms. The number of para-hydroxylation sites is 1. The highest BCUT2D eigenvalue weighted by molar-refractivity contribution is 6.33. The zero-order valence-electron chi connectivity index (χ0n) is 17.8. The normalized spacial score (nSPS) is 20.5. The molecule has 1 aromatic carbocycles. The summed E-state index contributed by atoms with van der Waals surface area (Å²) in [6, 6.07) is 8.64. The summed E-state index contributed by atoms with van der Waals surface area (Å²) < 4.78 is 1.85. The number of rotatable bonds is 4. The number of piperidine rings is 2. The second-order valence-electron chi connectivity index (χ2n) is 8.38. The van der Waals surface area contributed by atoms with Gasteiger partial charge in [0.25, 0.3) is 0 Å². The third kappa shape index (κ3) is 5.19. The Morgan fingerprint density at radius 3 is 2.58 bits per heavy atom. The van der Waals surface area contributed by atoms with Gasteiger partial charge in [-0.2, -0.15) is 5.10 Å². The van der Waals surface area contributed by atoms with Gasteiger partial charge in [0.2, 0.25) is 5.91 Å². The molecule has 0 unspecified atom stereocenters. The number of amides is 3. The second kappa shape index (κ2) is 9.70. The van der Waals surface area contributed by atoms with E-state index >= 15 is 0 Å². The molecule has 2 aromatic rings. The number of hydrogen-bond donors (Lipinski definition) is 2. The lowest BCUT2D eigenvalue weighted by Crippen LogP contribution is -2.46. The molecule has 2 fully saturated rings. The van der Waals surface area contributed by atoms with Gasteiger partial charge in [-0.3, -0.25) is 10.1 Å². The molecule has 0 radical (unpaired) electrons. The average molecular weight is 445 g/mol. The van der Waals surface area contributed by atoms with Gasteiger partial charge >= 0.3 is 6.03 Å². The second-order valence-corrected chi connectivity index (χ2v) is 8.79. The lowest BCUT2D eigenvalue weighted by atomic mass is 9.95. The van der Waals surface area contributed by atoms with Crippen LogP contribution in [0.1, 0.15) is 31.7 Å². The maximum Gasteiger partial charge on any atom is 0.324 e. The van der Waals surface area contributed by atoms with Crippen molar-refractivity contribution in [1.29, 1.82) is 0 Å². The first-order chi connectivity index (χ1) is 15.0. The highest BCUT2D eigenvalue weighted by Crippen LogP contribution is 2.28. The quantitative estimate of drug-likeness (QED) is 0.753. The van der Waals surface area contributed by atoms with Crippen molar-refractivity contribution in [3.05, 3.63) is 41.6 Å². The highest BCUT2D eigenvalue weighted by Gasteiger charge is 2.31. The van der Waals surface area contributed by atoms with Gasteiger partial charge in [-0.1, -0.05) is 23.7 Å². The van der Waals surface area contributed by atoms with E-state index in [4.69, 9.17) is 11.6 Å². The number of carbonyl (C=O) groups is 2. The topological polar surface area (TPSA) is 82.5 Å². The molecule has 1 atom stereocenters. The molecule has 0 spiro atoms. The highest BCUT2D eigenvalue weighted by atomic mass is 35.5. The molecule has 1 aromatic heterocycles. The molecular weight excluding hydrogens is 416 g/mol. The minimum atomic E-state index is -0.371. The average Bonchev–Trinajstić information content (AvgIpc) is 3.23. The summed E-state index contributed by atoms with van der Waals surface area (Å²) in [5.74, 6) is 1.02. The first-order valence-corrected chi connectivity index (χ1v) is 11.2. The number of nitrogens with zero attached hydrogens (tertiary/aromatic N) is 4. The third-order valence-corrected chi connectivity index (χ3v) is 6.46. The lowest BCUT2D eigenvalue weighted by molar-refractivity contribution is -0.138. The van der Waals surface area contributed by atoms with Gasteiger partial charge in [0, 0.05) is 25.7 Å². The first-order valence-electron chi connectivity index (χ1n) is 10.8. The summed E-state index contributed by atoms with van der Waals surface area (Å²) in [4.78, 5) is 29.6. The number of nitrogens with one attached hydrogen (secondary N) is 2. The zero-order valence-corrected chi connectivity index (χ0v) is 18.5. The van der Waals surface area contributed by atoms with Crippen molar-refractivity contribution >= 4 is 35.0 Å². The van der Waals surface area contributed by atoms with Crippen molar-refractivity contribution < 1.29 is 9.59 Å².